The average Bonchev–Trinajstić information content (AvgIpc) is 4.03. The van der Waals surface area contributed by atoms with Crippen LogP contribution in [0.5, 0.6) is 0 Å². The number of nitrogens with zero attached hydrogens (tertiary/aromatic N) is 8. The summed E-state index contributed by atoms with van der Waals surface area (Å²) in [5, 5.41) is 0. The number of carbonyl (C=O) groups is 4. The van der Waals surface area contributed by atoms with E-state index >= 15 is 0 Å². The lowest BCUT2D eigenvalue weighted by Crippen LogP contribution is -2.52. The van der Waals surface area contributed by atoms with Crippen LogP contribution in [0.2, 0.25) is 0 Å². The third-order valence-corrected chi connectivity index (χ3v) is 12.5. The van der Waals surface area contributed by atoms with Gasteiger partial charge >= 0.3 is 12.2 Å². The van der Waals surface area contributed by atoms with Crippen molar-refractivity contribution < 1.29 is 28.7 Å². The van der Waals surface area contributed by atoms with E-state index in [1.807, 2.05) is 72.8 Å². The van der Waals surface area contributed by atoms with Crippen LogP contribution in [0.4, 0.5) is 9.59 Å². The number of benzene rings is 4. The van der Waals surface area contributed by atoms with Crippen LogP contribution in [0.1, 0.15) is 66.7 Å². The van der Waals surface area contributed by atoms with Crippen molar-refractivity contribution in [3.63, 3.8) is 0 Å². The van der Waals surface area contributed by atoms with Gasteiger partial charge in [-0.25, -0.2) is 19.6 Å². The fraction of sp³-hybridized carbons (Fsp3) is 0.231. The number of H-pyrrole nitrogens is 2. The first-order valence-electron chi connectivity index (χ1n) is 22.6. The number of hydrogen-bond acceptors (Lipinski definition) is 10. The molecule has 0 saturated carbocycles. The summed E-state index contributed by atoms with van der Waals surface area (Å²) in [4.78, 5) is 86.2. The van der Waals surface area contributed by atoms with Crippen LogP contribution in [0.15, 0.2) is 146 Å². The van der Waals surface area contributed by atoms with Crippen molar-refractivity contribution in [2.75, 3.05) is 39.3 Å². The zero-order valence-corrected chi connectivity index (χ0v) is 37.1. The van der Waals surface area contributed by atoms with Gasteiger partial charge in [0.1, 0.15) is 36.9 Å². The molecule has 16 heteroatoms. The second-order valence-corrected chi connectivity index (χ2v) is 16.9. The number of aromatic amines is 2. The first-order chi connectivity index (χ1) is 33.3. The van der Waals surface area contributed by atoms with Gasteiger partial charge in [0.25, 0.3) is 11.8 Å². The minimum Gasteiger partial charge on any atom is -0.445 e. The molecule has 8 aromatic rings. The van der Waals surface area contributed by atoms with Gasteiger partial charge in [0, 0.05) is 75.2 Å². The molecule has 0 radical (unpaired) electrons. The third kappa shape index (κ3) is 9.61. The second-order valence-electron chi connectivity index (χ2n) is 16.9. The standard InChI is InChI=1S/C52H48N10O6/c63-49(39-17-21-53-22-18-39)59-25-27-61(51(65)67-33-37-7-3-1-4-8-37)45(31-59)47-55-41-15-13-35(29-43(41)57-47)11-12-36-14-16-42-44(30-36)58-48(56-42)46-32-60(50(64)40-19-23-54-24-20-40)26-28-62(46)52(66)68-34-38-9-5-2-6-10-38/h1-10,13-24,29-30,45-46H,11-12,25-28,31-34H2,(H,55,57)(H,56,58). The van der Waals surface area contributed by atoms with E-state index in [2.05, 4.69) is 44.2 Å². The summed E-state index contributed by atoms with van der Waals surface area (Å²) >= 11 is 0. The maximum Gasteiger partial charge on any atom is 0.410 e. The monoisotopic (exact) mass is 908 g/mol. The quantitative estimate of drug-likeness (QED) is 0.131. The molecular formula is C52H48N10O6. The number of aryl methyl sites for hydroxylation is 2. The molecule has 0 spiro atoms. The van der Waals surface area contributed by atoms with E-state index in [-0.39, 0.29) is 51.2 Å². The summed E-state index contributed by atoms with van der Waals surface area (Å²) in [6.45, 7) is 1.91. The molecule has 2 N–H and O–H groups in total. The Labute approximate surface area is 391 Å². The lowest BCUT2D eigenvalue weighted by Gasteiger charge is -2.39. The molecule has 2 aliphatic heterocycles. The number of pyridine rings is 2. The van der Waals surface area contributed by atoms with Crippen LogP contribution in [0, 0.1) is 0 Å². The van der Waals surface area contributed by atoms with E-state index in [0.29, 0.717) is 35.9 Å². The Morgan fingerprint density at radius 2 is 0.912 bits per heavy atom. The lowest BCUT2D eigenvalue weighted by molar-refractivity contribution is 0.0336. The van der Waals surface area contributed by atoms with Crippen LogP contribution in [0.3, 0.4) is 0 Å². The molecule has 4 aromatic carbocycles. The van der Waals surface area contributed by atoms with E-state index in [1.165, 1.54) is 0 Å². The predicted octanol–water partition coefficient (Wildman–Crippen LogP) is 7.69. The minimum atomic E-state index is -0.578. The summed E-state index contributed by atoms with van der Waals surface area (Å²) < 4.78 is 11.6. The highest BCUT2D eigenvalue weighted by Gasteiger charge is 2.38. The Balaban J connectivity index is 0.850. The van der Waals surface area contributed by atoms with Crippen molar-refractivity contribution in [3.8, 4) is 0 Å². The van der Waals surface area contributed by atoms with E-state index in [0.717, 1.165) is 57.2 Å². The van der Waals surface area contributed by atoms with Gasteiger partial charge in [0.15, 0.2) is 0 Å². The molecule has 0 bridgehead atoms. The predicted molar refractivity (Wildman–Crippen MR) is 252 cm³/mol. The van der Waals surface area contributed by atoms with E-state index in [1.54, 1.807) is 68.7 Å². The van der Waals surface area contributed by atoms with Gasteiger partial charge in [-0.2, -0.15) is 0 Å². The van der Waals surface area contributed by atoms with Crippen LogP contribution < -0.4 is 0 Å². The van der Waals surface area contributed by atoms with Crippen molar-refractivity contribution >= 4 is 46.1 Å². The highest BCUT2D eigenvalue weighted by molar-refractivity contribution is 5.95. The summed E-state index contributed by atoms with van der Waals surface area (Å²) in [5.74, 6) is 0.834. The number of hydrogen-bond donors (Lipinski definition) is 2. The molecule has 4 aromatic heterocycles. The maximum atomic E-state index is 13.7. The smallest absolute Gasteiger partial charge is 0.410 e. The van der Waals surface area contributed by atoms with Crippen LogP contribution in [-0.4, -0.2) is 113 Å². The topological polar surface area (TPSA) is 183 Å². The molecule has 2 fully saturated rings. The fourth-order valence-corrected chi connectivity index (χ4v) is 8.87. The van der Waals surface area contributed by atoms with Crippen LogP contribution in [-0.2, 0) is 35.5 Å². The molecule has 4 amide bonds. The highest BCUT2D eigenvalue weighted by atomic mass is 16.6. The molecule has 2 saturated heterocycles. The van der Waals surface area contributed by atoms with Gasteiger partial charge in [-0.3, -0.25) is 29.4 Å². The normalized spacial score (nSPS) is 16.2. The molecule has 2 aliphatic rings. The van der Waals surface area contributed by atoms with Crippen molar-refractivity contribution in [1.29, 1.82) is 0 Å². The SMILES string of the molecule is O=C(c1ccncc1)N1CCN(C(=O)OCc2ccccc2)C(c2nc3ccc(CCc4ccc5nc(C6CN(C(=O)c7ccncc7)CCN6C(=O)OCc6ccccc6)[nH]c5c4)cc3[nH]2)C1. The minimum absolute atomic E-state index is 0.125. The number of carbonyl (C=O) groups excluding carboxylic acids is 4. The van der Waals surface area contributed by atoms with Gasteiger partial charge in [-0.15, -0.1) is 0 Å². The fourth-order valence-electron chi connectivity index (χ4n) is 8.87. The Morgan fingerprint density at radius 1 is 0.500 bits per heavy atom. The molecule has 68 heavy (non-hydrogen) atoms. The molecule has 10 rings (SSSR count). The first-order valence-corrected chi connectivity index (χ1v) is 22.6. The number of ether oxygens (including phenoxy) is 2. The average molecular weight is 909 g/mol. The zero-order chi connectivity index (χ0) is 46.4. The Morgan fingerprint density at radius 3 is 1.32 bits per heavy atom. The summed E-state index contributed by atoms with van der Waals surface area (Å²) in [7, 11) is 0. The molecule has 2 unspecified atom stereocenters. The molecule has 16 nitrogen and oxygen atoms in total. The van der Waals surface area contributed by atoms with Gasteiger partial charge in [-0.05, 0) is 83.6 Å². The summed E-state index contributed by atoms with van der Waals surface area (Å²) in [5.41, 5.74) is 8.09. The largest absolute Gasteiger partial charge is 0.445 e. The van der Waals surface area contributed by atoms with Gasteiger partial charge in [0.05, 0.1) is 22.1 Å². The Hall–Kier alpha value is -8.40. The molecular weight excluding hydrogens is 861 g/mol. The number of piperazine rings is 2. The van der Waals surface area contributed by atoms with Crippen LogP contribution >= 0.6 is 0 Å². The van der Waals surface area contributed by atoms with Crippen molar-refractivity contribution in [1.82, 2.24) is 49.5 Å². The number of imidazole rings is 2. The molecule has 342 valence electrons. The number of aromatic nitrogens is 6. The van der Waals surface area contributed by atoms with Crippen molar-refractivity contribution in [2.24, 2.45) is 0 Å². The zero-order valence-electron chi connectivity index (χ0n) is 37.1. The number of nitrogens with one attached hydrogen (secondary N) is 2. The van der Waals surface area contributed by atoms with Gasteiger partial charge in [-0.1, -0.05) is 72.8 Å². The van der Waals surface area contributed by atoms with E-state index < -0.39 is 24.3 Å². The highest BCUT2D eigenvalue weighted by Crippen LogP contribution is 2.30. The second kappa shape index (κ2) is 19.6. The first kappa shape index (κ1) is 43.5. The van der Waals surface area contributed by atoms with Crippen molar-refractivity contribution in [3.05, 3.63) is 191 Å². The lowest BCUT2D eigenvalue weighted by atomic mass is 10.0. The van der Waals surface area contributed by atoms with Gasteiger partial charge < -0.3 is 29.2 Å². The van der Waals surface area contributed by atoms with Crippen molar-refractivity contribution in [2.45, 2.75) is 38.1 Å². The number of amides is 4. The Kier molecular flexibility index (Phi) is 12.5. The maximum absolute atomic E-state index is 13.7. The molecule has 6 heterocycles. The van der Waals surface area contributed by atoms with E-state index in [9.17, 15) is 19.2 Å². The summed E-state index contributed by atoms with van der Waals surface area (Å²) in [6.07, 6.45) is 6.86. The molecule has 2 atom stereocenters. The third-order valence-electron chi connectivity index (χ3n) is 12.5. The number of fused-ring (bicyclic) bond motifs is 2. The van der Waals surface area contributed by atoms with E-state index in [4.69, 9.17) is 19.4 Å². The van der Waals surface area contributed by atoms with Crippen LogP contribution in [0.25, 0.3) is 22.1 Å². The Bertz CT molecular complexity index is 2850. The number of rotatable bonds is 11. The van der Waals surface area contributed by atoms with Gasteiger partial charge in [0.2, 0.25) is 0 Å². The molecule has 0 aliphatic carbocycles. The summed E-state index contributed by atoms with van der Waals surface area (Å²) in [6, 6.07) is 36.8.